The molecule has 0 aliphatic carbocycles. The summed E-state index contributed by atoms with van der Waals surface area (Å²) in [6.07, 6.45) is 3.54. The third kappa shape index (κ3) is 9.64. The largest absolute Gasteiger partial charge is 0.389 e. The third-order valence-electron chi connectivity index (χ3n) is 3.58. The lowest BCUT2D eigenvalue weighted by Gasteiger charge is -2.22. The SMILES string of the molecule is C=CCCC(F)(F)CCOC/C(C)=C\[C@@H](C)[C@H](O)C(C=C)OC. The summed E-state index contributed by atoms with van der Waals surface area (Å²) >= 11 is 0. The Morgan fingerprint density at radius 2 is 1.96 bits per heavy atom. The van der Waals surface area contributed by atoms with Crippen LogP contribution in [0.4, 0.5) is 8.78 Å². The van der Waals surface area contributed by atoms with E-state index in [0.717, 1.165) is 5.57 Å². The number of alkyl halides is 2. The lowest BCUT2D eigenvalue weighted by Crippen LogP contribution is -2.31. The molecular weight excluding hydrogens is 302 g/mol. The van der Waals surface area contributed by atoms with Crippen LogP contribution < -0.4 is 0 Å². The first-order valence-corrected chi connectivity index (χ1v) is 7.84. The second-order valence-corrected chi connectivity index (χ2v) is 5.78. The summed E-state index contributed by atoms with van der Waals surface area (Å²) in [7, 11) is 1.51. The highest BCUT2D eigenvalue weighted by atomic mass is 19.3. The molecule has 0 aliphatic heterocycles. The standard InChI is InChI=1S/C18H30F2O3/c1-6-8-9-18(19,20)10-11-23-13-14(3)12-15(4)17(21)16(7-2)22-5/h6-7,12,15-17,21H,1-2,8-11,13H2,3-5H3/b14-12-/t15-,16?,17+/m1/s1. The van der Waals surface area contributed by atoms with Crippen molar-refractivity contribution in [3.05, 3.63) is 37.0 Å². The molecule has 0 aliphatic rings. The topological polar surface area (TPSA) is 38.7 Å². The summed E-state index contributed by atoms with van der Waals surface area (Å²) in [6, 6.07) is 0. The number of allylic oxidation sites excluding steroid dienone is 1. The fraction of sp³-hybridized carbons (Fsp3) is 0.667. The minimum atomic E-state index is -2.72. The van der Waals surface area contributed by atoms with Crippen LogP contribution >= 0.6 is 0 Å². The average molecular weight is 332 g/mol. The molecule has 1 N–H and O–H groups in total. The molecule has 5 heteroatoms. The van der Waals surface area contributed by atoms with Crippen molar-refractivity contribution in [3.8, 4) is 0 Å². The van der Waals surface area contributed by atoms with Gasteiger partial charge in [-0.25, -0.2) is 8.78 Å². The van der Waals surface area contributed by atoms with E-state index in [1.165, 1.54) is 13.2 Å². The number of rotatable bonds is 13. The summed E-state index contributed by atoms with van der Waals surface area (Å²) in [5, 5.41) is 10.1. The number of ether oxygens (including phenoxy) is 2. The van der Waals surface area contributed by atoms with Crippen LogP contribution in [0.25, 0.3) is 0 Å². The highest BCUT2D eigenvalue weighted by Crippen LogP contribution is 2.24. The lowest BCUT2D eigenvalue weighted by molar-refractivity contribution is -0.0369. The molecule has 3 atom stereocenters. The minimum absolute atomic E-state index is 0.000386. The van der Waals surface area contributed by atoms with Gasteiger partial charge >= 0.3 is 0 Å². The quantitative estimate of drug-likeness (QED) is 0.407. The Morgan fingerprint density at radius 3 is 2.48 bits per heavy atom. The Balaban J connectivity index is 4.20. The average Bonchev–Trinajstić information content (AvgIpc) is 2.50. The molecule has 134 valence electrons. The molecule has 3 nitrogen and oxygen atoms in total. The maximum Gasteiger partial charge on any atom is 0.250 e. The summed E-state index contributed by atoms with van der Waals surface area (Å²) in [5.41, 5.74) is 0.880. The van der Waals surface area contributed by atoms with Crippen molar-refractivity contribution in [1.82, 2.24) is 0 Å². The van der Waals surface area contributed by atoms with E-state index >= 15 is 0 Å². The van der Waals surface area contributed by atoms with E-state index in [4.69, 9.17) is 9.47 Å². The number of hydrogen-bond acceptors (Lipinski definition) is 3. The zero-order valence-electron chi connectivity index (χ0n) is 14.4. The first kappa shape index (κ1) is 22.0. The van der Waals surface area contributed by atoms with E-state index in [9.17, 15) is 13.9 Å². The van der Waals surface area contributed by atoms with E-state index in [2.05, 4.69) is 13.2 Å². The second kappa shape index (κ2) is 11.5. The molecule has 23 heavy (non-hydrogen) atoms. The van der Waals surface area contributed by atoms with Gasteiger partial charge in [-0.1, -0.05) is 30.7 Å². The molecular formula is C18H30F2O3. The Hall–Kier alpha value is -1.04. The van der Waals surface area contributed by atoms with E-state index < -0.39 is 18.1 Å². The van der Waals surface area contributed by atoms with Gasteiger partial charge in [0.15, 0.2) is 0 Å². The number of aliphatic hydroxyl groups excluding tert-OH is 1. The maximum absolute atomic E-state index is 13.4. The first-order valence-electron chi connectivity index (χ1n) is 7.84. The summed E-state index contributed by atoms with van der Waals surface area (Å²) in [6.45, 7) is 11.0. The lowest BCUT2D eigenvalue weighted by atomic mass is 9.97. The molecule has 0 spiro atoms. The Kier molecular flexibility index (Phi) is 11.0. The van der Waals surface area contributed by atoms with Crippen LogP contribution in [-0.4, -0.2) is 43.6 Å². The van der Waals surface area contributed by atoms with Crippen LogP contribution in [0.2, 0.25) is 0 Å². The Morgan fingerprint density at radius 1 is 1.30 bits per heavy atom. The van der Waals surface area contributed by atoms with Crippen LogP contribution in [-0.2, 0) is 9.47 Å². The first-order chi connectivity index (χ1) is 10.8. The normalized spacial score (nSPS) is 16.7. The van der Waals surface area contributed by atoms with E-state index in [1.807, 2.05) is 19.9 Å². The van der Waals surface area contributed by atoms with Crippen LogP contribution in [0.15, 0.2) is 37.0 Å². The molecule has 1 unspecified atom stereocenters. The van der Waals surface area contributed by atoms with Crippen LogP contribution in [0.5, 0.6) is 0 Å². The van der Waals surface area contributed by atoms with Crippen LogP contribution in [0.1, 0.15) is 33.1 Å². The smallest absolute Gasteiger partial charge is 0.250 e. The van der Waals surface area contributed by atoms with Gasteiger partial charge < -0.3 is 14.6 Å². The molecule has 0 amide bonds. The van der Waals surface area contributed by atoms with Gasteiger partial charge in [0.05, 0.1) is 19.3 Å². The second-order valence-electron chi connectivity index (χ2n) is 5.78. The predicted molar refractivity (Wildman–Crippen MR) is 89.7 cm³/mol. The number of aliphatic hydroxyl groups is 1. The predicted octanol–water partition coefficient (Wildman–Crippen LogP) is 4.14. The molecule has 0 heterocycles. The third-order valence-corrected chi connectivity index (χ3v) is 3.58. The van der Waals surface area contributed by atoms with Gasteiger partial charge in [0.25, 0.3) is 5.92 Å². The zero-order valence-corrected chi connectivity index (χ0v) is 14.4. The molecule has 0 aromatic rings. The van der Waals surface area contributed by atoms with Crippen LogP contribution in [0.3, 0.4) is 0 Å². The molecule has 0 saturated carbocycles. The van der Waals surface area contributed by atoms with Crippen molar-refractivity contribution < 1.29 is 23.4 Å². The molecule has 0 saturated heterocycles. The van der Waals surface area contributed by atoms with Gasteiger partial charge in [-0.3, -0.25) is 0 Å². The molecule has 0 radical (unpaired) electrons. The highest BCUT2D eigenvalue weighted by Gasteiger charge is 2.27. The molecule has 0 aromatic carbocycles. The van der Waals surface area contributed by atoms with Crippen molar-refractivity contribution in [2.45, 2.75) is 51.2 Å². The number of methoxy groups -OCH3 is 1. The highest BCUT2D eigenvalue weighted by molar-refractivity contribution is 5.04. The van der Waals surface area contributed by atoms with Gasteiger partial charge in [0.1, 0.15) is 6.10 Å². The van der Waals surface area contributed by atoms with Gasteiger partial charge in [0.2, 0.25) is 0 Å². The van der Waals surface area contributed by atoms with Crippen molar-refractivity contribution in [2.75, 3.05) is 20.3 Å². The maximum atomic E-state index is 13.4. The summed E-state index contributed by atoms with van der Waals surface area (Å²) < 4.78 is 37.2. The van der Waals surface area contributed by atoms with Gasteiger partial charge in [-0.15, -0.1) is 13.2 Å². The van der Waals surface area contributed by atoms with Crippen molar-refractivity contribution in [3.63, 3.8) is 0 Å². The summed E-state index contributed by atoms with van der Waals surface area (Å²) in [4.78, 5) is 0. The van der Waals surface area contributed by atoms with E-state index in [0.29, 0.717) is 6.42 Å². The summed E-state index contributed by atoms with van der Waals surface area (Å²) in [5.74, 6) is -2.87. The van der Waals surface area contributed by atoms with Gasteiger partial charge in [-0.05, 0) is 13.3 Å². The van der Waals surface area contributed by atoms with Crippen molar-refractivity contribution >= 4 is 0 Å². The monoisotopic (exact) mass is 332 g/mol. The number of hydrogen-bond donors (Lipinski definition) is 1. The van der Waals surface area contributed by atoms with Crippen LogP contribution in [0, 0.1) is 5.92 Å². The zero-order chi connectivity index (χ0) is 17.9. The van der Waals surface area contributed by atoms with E-state index in [-0.39, 0.29) is 32.0 Å². The molecule has 0 bridgehead atoms. The fourth-order valence-electron chi connectivity index (χ4n) is 2.16. The van der Waals surface area contributed by atoms with Gasteiger partial charge in [-0.2, -0.15) is 0 Å². The fourth-order valence-corrected chi connectivity index (χ4v) is 2.16. The molecule has 0 aromatic heterocycles. The Bertz CT molecular complexity index is 380. The van der Waals surface area contributed by atoms with Crippen molar-refractivity contribution in [2.24, 2.45) is 5.92 Å². The number of halogens is 2. The molecule has 0 fully saturated rings. The molecule has 0 rings (SSSR count). The minimum Gasteiger partial charge on any atom is -0.389 e. The van der Waals surface area contributed by atoms with E-state index in [1.54, 1.807) is 6.08 Å². The van der Waals surface area contributed by atoms with Gasteiger partial charge in [0, 0.05) is 25.9 Å². The Labute approximate surface area is 138 Å². The van der Waals surface area contributed by atoms with Crippen molar-refractivity contribution in [1.29, 1.82) is 0 Å².